The first-order valence-electron chi connectivity index (χ1n) is 11.4. The Morgan fingerprint density at radius 3 is 2.47 bits per heavy atom. The van der Waals surface area contributed by atoms with Crippen LogP contribution < -0.4 is 5.48 Å². The minimum Gasteiger partial charge on any atom is -0.411 e. The molecule has 7 nitrogen and oxygen atoms in total. The maximum Gasteiger partial charge on any atom is 0.337 e. The highest BCUT2D eigenvalue weighted by Gasteiger charge is 2.45. The van der Waals surface area contributed by atoms with Gasteiger partial charge in [-0.1, -0.05) is 20.8 Å². The maximum absolute atomic E-state index is 12.9. The van der Waals surface area contributed by atoms with Gasteiger partial charge in [0.2, 0.25) is 5.95 Å². The first kappa shape index (κ1) is 24.3. The molecule has 174 valence electrons. The summed E-state index contributed by atoms with van der Waals surface area (Å²) in [6.45, 7) is 16.7. The molecule has 1 fully saturated rings. The Bertz CT molecular complexity index is 1040. The number of nitrogens with one attached hydrogen (secondary N) is 1. The summed E-state index contributed by atoms with van der Waals surface area (Å²) in [5.74, 6) is -0.377. The normalized spacial score (nSPS) is 16.3. The van der Waals surface area contributed by atoms with E-state index in [1.54, 1.807) is 6.07 Å². The van der Waals surface area contributed by atoms with Gasteiger partial charge in [-0.25, -0.2) is 9.78 Å². The van der Waals surface area contributed by atoms with E-state index in [9.17, 15) is 10.1 Å². The highest BCUT2D eigenvalue weighted by atomic mass is 28.4. The van der Waals surface area contributed by atoms with Gasteiger partial charge in [-0.15, -0.1) is 0 Å². The van der Waals surface area contributed by atoms with Crippen molar-refractivity contribution in [2.75, 3.05) is 5.48 Å². The van der Waals surface area contributed by atoms with E-state index in [0.717, 1.165) is 30.3 Å². The van der Waals surface area contributed by atoms with Gasteiger partial charge in [0.15, 0.2) is 8.32 Å². The number of anilines is 1. The van der Waals surface area contributed by atoms with Crippen molar-refractivity contribution in [3.05, 3.63) is 23.8 Å². The minimum atomic E-state index is -2.06. The number of imidazole rings is 1. The Labute approximate surface area is 192 Å². The molecule has 3 rings (SSSR count). The van der Waals surface area contributed by atoms with Crippen LogP contribution in [-0.4, -0.2) is 29.4 Å². The van der Waals surface area contributed by atoms with Gasteiger partial charge in [0.25, 0.3) is 0 Å². The smallest absolute Gasteiger partial charge is 0.337 e. The zero-order valence-electron chi connectivity index (χ0n) is 20.6. The van der Waals surface area contributed by atoms with Crippen LogP contribution in [0.4, 0.5) is 5.95 Å². The monoisotopic (exact) mass is 456 g/mol. The van der Waals surface area contributed by atoms with Gasteiger partial charge in [-0.05, 0) is 76.4 Å². The fourth-order valence-corrected chi connectivity index (χ4v) is 5.41. The standard InChI is InChI=1S/C24H36N4O3Si/c1-16(24(5,6)31-32(7,8)23(2,3)4)21(29)30-27-22-26-19-13-12-17(15-25)14-20(19)28(22)18-10-9-11-18/h12-14,16,18H,9-11H2,1-8H3,(H,26,27)/t16-/m1/s1. The van der Waals surface area contributed by atoms with E-state index >= 15 is 0 Å². The van der Waals surface area contributed by atoms with E-state index in [0.29, 0.717) is 11.5 Å². The summed E-state index contributed by atoms with van der Waals surface area (Å²) in [5.41, 5.74) is 4.37. The quantitative estimate of drug-likeness (QED) is 0.410. The van der Waals surface area contributed by atoms with Gasteiger partial charge in [0.1, 0.15) is 0 Å². The molecule has 0 spiro atoms. The average molecular weight is 457 g/mol. The average Bonchev–Trinajstić information content (AvgIpc) is 2.99. The molecule has 0 bridgehead atoms. The van der Waals surface area contributed by atoms with Crippen molar-refractivity contribution in [3.8, 4) is 6.07 Å². The van der Waals surface area contributed by atoms with Crippen LogP contribution in [-0.2, 0) is 14.1 Å². The molecular weight excluding hydrogens is 420 g/mol. The molecule has 1 N–H and O–H groups in total. The lowest BCUT2D eigenvalue weighted by Gasteiger charge is -2.44. The van der Waals surface area contributed by atoms with Crippen molar-refractivity contribution in [1.29, 1.82) is 5.26 Å². The molecule has 8 heteroatoms. The lowest BCUT2D eigenvalue weighted by Crippen LogP contribution is -2.51. The third kappa shape index (κ3) is 4.69. The molecule has 0 aliphatic heterocycles. The van der Waals surface area contributed by atoms with Crippen LogP contribution in [0.25, 0.3) is 11.0 Å². The van der Waals surface area contributed by atoms with Gasteiger partial charge in [-0.3, -0.25) is 0 Å². The lowest BCUT2D eigenvalue weighted by molar-refractivity contribution is -0.151. The number of nitrogens with zero attached hydrogens (tertiary/aromatic N) is 3. The molecule has 0 saturated heterocycles. The van der Waals surface area contributed by atoms with Crippen molar-refractivity contribution in [3.63, 3.8) is 0 Å². The van der Waals surface area contributed by atoms with Crippen LogP contribution in [0, 0.1) is 17.2 Å². The minimum absolute atomic E-state index is 0.0437. The molecule has 0 radical (unpaired) electrons. The third-order valence-electron chi connectivity index (χ3n) is 7.22. The summed E-state index contributed by atoms with van der Waals surface area (Å²) < 4.78 is 8.60. The van der Waals surface area contributed by atoms with Gasteiger partial charge in [0.05, 0.1) is 34.2 Å². The van der Waals surface area contributed by atoms with Crippen molar-refractivity contribution >= 4 is 31.3 Å². The van der Waals surface area contributed by atoms with Crippen LogP contribution in [0.2, 0.25) is 18.1 Å². The van der Waals surface area contributed by atoms with Crippen molar-refractivity contribution < 1.29 is 14.1 Å². The Morgan fingerprint density at radius 1 is 1.28 bits per heavy atom. The van der Waals surface area contributed by atoms with Crippen LogP contribution in [0.1, 0.15) is 72.4 Å². The number of benzene rings is 1. The van der Waals surface area contributed by atoms with Crippen molar-refractivity contribution in [1.82, 2.24) is 9.55 Å². The van der Waals surface area contributed by atoms with Crippen molar-refractivity contribution in [2.45, 2.75) is 90.6 Å². The molecule has 1 aromatic heterocycles. The highest BCUT2D eigenvalue weighted by molar-refractivity contribution is 6.74. The lowest BCUT2D eigenvalue weighted by atomic mass is 9.92. The largest absolute Gasteiger partial charge is 0.411 e. The Kier molecular flexibility index (Phi) is 6.47. The molecular formula is C24H36N4O3Si. The van der Waals surface area contributed by atoms with Crippen LogP contribution in [0.3, 0.4) is 0 Å². The zero-order chi connectivity index (χ0) is 23.9. The van der Waals surface area contributed by atoms with E-state index in [1.165, 1.54) is 0 Å². The van der Waals surface area contributed by atoms with Crippen LogP contribution in [0.15, 0.2) is 18.2 Å². The van der Waals surface area contributed by atoms with E-state index in [4.69, 9.17) is 9.26 Å². The first-order chi connectivity index (χ1) is 14.8. The predicted molar refractivity (Wildman–Crippen MR) is 129 cm³/mol. The molecule has 0 unspecified atom stereocenters. The molecule has 1 heterocycles. The number of fused-ring (bicyclic) bond motifs is 1. The number of carbonyl (C=O) groups is 1. The summed E-state index contributed by atoms with van der Waals surface area (Å²) in [6.07, 6.45) is 3.22. The number of carbonyl (C=O) groups excluding carboxylic acids is 1. The van der Waals surface area contributed by atoms with E-state index in [1.807, 2.05) is 32.9 Å². The Morgan fingerprint density at radius 2 is 1.94 bits per heavy atom. The number of aromatic nitrogens is 2. The highest BCUT2D eigenvalue weighted by Crippen LogP contribution is 2.41. The Balaban J connectivity index is 1.77. The number of hydrogen-bond acceptors (Lipinski definition) is 6. The number of rotatable bonds is 7. The molecule has 32 heavy (non-hydrogen) atoms. The van der Waals surface area contributed by atoms with Crippen molar-refractivity contribution in [2.24, 2.45) is 5.92 Å². The van der Waals surface area contributed by atoms with Gasteiger partial charge >= 0.3 is 5.97 Å². The fraction of sp³-hybridized carbons (Fsp3) is 0.625. The SMILES string of the molecule is C[C@H](C(=O)ONc1nc2ccc(C#N)cc2n1C1CCC1)C(C)(C)O[Si](C)(C)C(C)(C)C. The topological polar surface area (TPSA) is 89.2 Å². The summed E-state index contributed by atoms with van der Waals surface area (Å²) >= 11 is 0. The molecule has 1 atom stereocenters. The first-order valence-corrected chi connectivity index (χ1v) is 14.3. The molecule has 0 amide bonds. The Hall–Kier alpha value is -2.37. The van der Waals surface area contributed by atoms with Gasteiger partial charge in [0, 0.05) is 6.04 Å². The van der Waals surface area contributed by atoms with E-state index in [2.05, 4.69) is 55.0 Å². The van der Waals surface area contributed by atoms with Crippen LogP contribution >= 0.6 is 0 Å². The number of hydrogen-bond donors (Lipinski definition) is 1. The second-order valence-electron chi connectivity index (χ2n) is 10.9. The summed E-state index contributed by atoms with van der Waals surface area (Å²) in [7, 11) is -2.06. The predicted octanol–water partition coefficient (Wildman–Crippen LogP) is 5.94. The molecule has 1 aliphatic carbocycles. The summed E-state index contributed by atoms with van der Waals surface area (Å²) in [6, 6.07) is 7.88. The zero-order valence-corrected chi connectivity index (χ0v) is 21.6. The summed E-state index contributed by atoms with van der Waals surface area (Å²) in [5, 5.41) is 9.32. The second kappa shape index (κ2) is 8.52. The van der Waals surface area contributed by atoms with Gasteiger partial charge in [-0.2, -0.15) is 10.7 Å². The molecule has 1 aliphatic rings. The molecule has 2 aromatic rings. The molecule has 1 saturated carbocycles. The van der Waals surface area contributed by atoms with E-state index in [-0.39, 0.29) is 11.1 Å². The molecule has 1 aromatic carbocycles. The van der Waals surface area contributed by atoms with Crippen LogP contribution in [0.5, 0.6) is 0 Å². The maximum atomic E-state index is 12.9. The second-order valence-corrected chi connectivity index (χ2v) is 15.6. The number of nitriles is 1. The van der Waals surface area contributed by atoms with Gasteiger partial charge < -0.3 is 13.8 Å². The third-order valence-corrected chi connectivity index (χ3v) is 11.9. The fourth-order valence-electron chi connectivity index (χ4n) is 3.62. The summed E-state index contributed by atoms with van der Waals surface area (Å²) in [4.78, 5) is 23.1. The van der Waals surface area contributed by atoms with E-state index < -0.39 is 25.8 Å².